The van der Waals surface area contributed by atoms with Crippen molar-refractivity contribution >= 4 is 56.4 Å². The van der Waals surface area contributed by atoms with Crippen LogP contribution in [0.15, 0.2) is 71.6 Å². The van der Waals surface area contributed by atoms with Crippen molar-refractivity contribution in [3.05, 3.63) is 87.9 Å². The molecule has 0 unspecified atom stereocenters. The second-order valence-corrected chi connectivity index (χ2v) is 10.4. The number of halogens is 2. The molecule has 0 aliphatic carbocycles. The lowest BCUT2D eigenvalue weighted by atomic mass is 10.2. The van der Waals surface area contributed by atoms with Gasteiger partial charge in [-0.25, -0.2) is 8.42 Å². The smallest absolute Gasteiger partial charge is 0.243 e. The van der Waals surface area contributed by atoms with Crippen LogP contribution in [0.1, 0.15) is 18.1 Å². The molecule has 0 radical (unpaired) electrons. The van der Waals surface area contributed by atoms with E-state index >= 15 is 0 Å². The molecule has 0 saturated carbocycles. The average Bonchev–Trinajstić information content (AvgIpc) is 2.75. The lowest BCUT2D eigenvalue weighted by molar-refractivity contribution is -0.116. The molecule has 0 aliphatic heterocycles. The predicted octanol–water partition coefficient (Wildman–Crippen LogP) is 5.09. The van der Waals surface area contributed by atoms with Crippen LogP contribution in [0, 0.1) is 6.92 Å². The van der Waals surface area contributed by atoms with Crippen LogP contribution in [0.3, 0.4) is 0 Å². The maximum absolute atomic E-state index is 13.4. The minimum Gasteiger partial charge on any atom is -0.326 e. The van der Waals surface area contributed by atoms with Crippen LogP contribution >= 0.6 is 23.2 Å². The monoisotopic (exact) mass is 519 g/mol. The van der Waals surface area contributed by atoms with Gasteiger partial charge in [0.25, 0.3) is 0 Å². The number of hydrogen-bond acceptors (Lipinski definition) is 4. The Balaban J connectivity index is 1.88. The fraction of sp³-hybridized carbons (Fsp3) is 0.167. The van der Waals surface area contributed by atoms with E-state index in [1.165, 1.54) is 25.1 Å². The van der Waals surface area contributed by atoms with Crippen LogP contribution in [0.4, 0.5) is 11.4 Å². The first kappa shape index (κ1) is 25.7. The lowest BCUT2D eigenvalue weighted by Crippen LogP contribution is -2.37. The van der Waals surface area contributed by atoms with Crippen molar-refractivity contribution in [3.8, 4) is 0 Å². The summed E-state index contributed by atoms with van der Waals surface area (Å²) in [6, 6.07) is 17.7. The fourth-order valence-electron chi connectivity index (χ4n) is 3.16. The third kappa shape index (κ3) is 6.80. The van der Waals surface area contributed by atoms with Crippen LogP contribution in [-0.2, 0) is 26.2 Å². The number of carbonyl (C=O) groups is 2. The van der Waals surface area contributed by atoms with Gasteiger partial charge in [0.2, 0.25) is 21.8 Å². The molecule has 0 aromatic heterocycles. The van der Waals surface area contributed by atoms with E-state index in [1.54, 1.807) is 48.5 Å². The topological polar surface area (TPSA) is 95.6 Å². The molecule has 2 amide bonds. The molecule has 0 bridgehead atoms. The van der Waals surface area contributed by atoms with Gasteiger partial charge in [0.05, 0.1) is 11.4 Å². The molecule has 3 rings (SSSR count). The molecular formula is C24H23Cl2N3O4S. The normalized spacial score (nSPS) is 11.3. The van der Waals surface area contributed by atoms with Gasteiger partial charge in [-0.2, -0.15) is 4.31 Å². The maximum atomic E-state index is 13.4. The number of nitrogens with zero attached hydrogens (tertiary/aromatic N) is 1. The molecule has 178 valence electrons. The van der Waals surface area contributed by atoms with Gasteiger partial charge in [-0.05, 0) is 55.0 Å². The summed E-state index contributed by atoms with van der Waals surface area (Å²) in [4.78, 5) is 24.2. The Labute approximate surface area is 208 Å². The van der Waals surface area contributed by atoms with Crippen molar-refractivity contribution < 1.29 is 18.0 Å². The number of nitrogens with one attached hydrogen (secondary N) is 2. The minimum absolute atomic E-state index is 0.0589. The van der Waals surface area contributed by atoms with Crippen molar-refractivity contribution in [2.75, 3.05) is 17.2 Å². The second kappa shape index (κ2) is 11.0. The zero-order chi connectivity index (χ0) is 24.9. The summed E-state index contributed by atoms with van der Waals surface area (Å²) in [7, 11) is -4.03. The van der Waals surface area contributed by atoms with Crippen LogP contribution in [0.25, 0.3) is 0 Å². The fourth-order valence-corrected chi connectivity index (χ4v) is 5.01. The first-order chi connectivity index (χ1) is 16.0. The number of carbonyl (C=O) groups excluding carboxylic acids is 2. The van der Waals surface area contributed by atoms with E-state index in [9.17, 15) is 18.0 Å². The summed E-state index contributed by atoms with van der Waals surface area (Å²) in [5, 5.41) is 6.02. The number of sulfonamides is 1. The molecule has 0 saturated heterocycles. The molecule has 0 aliphatic rings. The standard InChI is InChI=1S/C24H23Cl2N3O4S/c1-16-6-10-22(11-7-16)34(32,33)29(14-18-8-9-19(25)12-23(18)26)15-24(31)28-21-5-3-4-20(13-21)27-17(2)30/h3-13H,14-15H2,1-2H3,(H,27,30)(H,28,31). The molecule has 0 atom stereocenters. The summed E-state index contributed by atoms with van der Waals surface area (Å²) in [5.74, 6) is -0.806. The summed E-state index contributed by atoms with van der Waals surface area (Å²) in [6.07, 6.45) is 0. The molecule has 0 fully saturated rings. The van der Waals surface area contributed by atoms with E-state index in [-0.39, 0.29) is 17.3 Å². The first-order valence-electron chi connectivity index (χ1n) is 10.2. The molecule has 34 heavy (non-hydrogen) atoms. The van der Waals surface area contributed by atoms with Gasteiger partial charge in [-0.3, -0.25) is 9.59 Å². The van der Waals surface area contributed by atoms with Crippen molar-refractivity contribution in [3.63, 3.8) is 0 Å². The Morgan fingerprint density at radius 2 is 1.56 bits per heavy atom. The van der Waals surface area contributed by atoms with Crippen molar-refractivity contribution in [1.29, 1.82) is 0 Å². The number of aryl methyl sites for hydroxylation is 1. The van der Waals surface area contributed by atoms with E-state index in [0.717, 1.165) is 9.87 Å². The Morgan fingerprint density at radius 1 is 0.912 bits per heavy atom. The second-order valence-electron chi connectivity index (χ2n) is 7.63. The molecule has 3 aromatic carbocycles. The van der Waals surface area contributed by atoms with Crippen LogP contribution < -0.4 is 10.6 Å². The highest BCUT2D eigenvalue weighted by Crippen LogP contribution is 2.25. The molecule has 2 N–H and O–H groups in total. The molecule has 0 heterocycles. The van der Waals surface area contributed by atoms with Gasteiger partial charge in [0.1, 0.15) is 0 Å². The number of anilines is 2. The van der Waals surface area contributed by atoms with E-state index in [1.807, 2.05) is 6.92 Å². The maximum Gasteiger partial charge on any atom is 0.243 e. The molecular weight excluding hydrogens is 497 g/mol. The summed E-state index contributed by atoms with van der Waals surface area (Å²) >= 11 is 12.2. The zero-order valence-electron chi connectivity index (χ0n) is 18.5. The van der Waals surface area contributed by atoms with Gasteiger partial charge in [0.15, 0.2) is 0 Å². The molecule has 3 aromatic rings. The lowest BCUT2D eigenvalue weighted by Gasteiger charge is -2.23. The quantitative estimate of drug-likeness (QED) is 0.433. The van der Waals surface area contributed by atoms with Gasteiger partial charge >= 0.3 is 0 Å². The van der Waals surface area contributed by atoms with Gasteiger partial charge in [-0.1, -0.05) is 53.0 Å². The highest BCUT2D eigenvalue weighted by Gasteiger charge is 2.27. The van der Waals surface area contributed by atoms with Crippen LogP contribution in [-0.4, -0.2) is 31.1 Å². The zero-order valence-corrected chi connectivity index (χ0v) is 20.8. The number of hydrogen-bond donors (Lipinski definition) is 2. The van der Waals surface area contributed by atoms with Crippen molar-refractivity contribution in [1.82, 2.24) is 4.31 Å². The predicted molar refractivity (Wildman–Crippen MR) is 135 cm³/mol. The summed E-state index contributed by atoms with van der Waals surface area (Å²) in [6.45, 7) is 2.64. The highest BCUT2D eigenvalue weighted by atomic mass is 35.5. The van der Waals surface area contributed by atoms with Gasteiger partial charge in [0, 0.05) is 34.9 Å². The highest BCUT2D eigenvalue weighted by molar-refractivity contribution is 7.89. The third-order valence-corrected chi connectivity index (χ3v) is 7.20. The summed E-state index contributed by atoms with van der Waals surface area (Å²) < 4.78 is 27.9. The first-order valence-corrected chi connectivity index (χ1v) is 12.4. The Hall–Kier alpha value is -2.91. The Bertz CT molecular complexity index is 1310. The van der Waals surface area contributed by atoms with Crippen LogP contribution in [0.2, 0.25) is 10.0 Å². The number of benzene rings is 3. The van der Waals surface area contributed by atoms with E-state index in [4.69, 9.17) is 23.2 Å². The van der Waals surface area contributed by atoms with Crippen molar-refractivity contribution in [2.24, 2.45) is 0 Å². The molecule has 0 spiro atoms. The average molecular weight is 520 g/mol. The van der Waals surface area contributed by atoms with Crippen molar-refractivity contribution in [2.45, 2.75) is 25.3 Å². The SMILES string of the molecule is CC(=O)Nc1cccc(NC(=O)CN(Cc2ccc(Cl)cc2Cl)S(=O)(=O)c2ccc(C)cc2)c1. The van der Waals surface area contributed by atoms with E-state index in [2.05, 4.69) is 10.6 Å². The minimum atomic E-state index is -4.03. The number of amides is 2. The van der Waals surface area contributed by atoms with Gasteiger partial charge in [-0.15, -0.1) is 0 Å². The molecule has 7 nitrogen and oxygen atoms in total. The van der Waals surface area contributed by atoms with Gasteiger partial charge < -0.3 is 10.6 Å². The summed E-state index contributed by atoms with van der Waals surface area (Å²) in [5.41, 5.74) is 2.32. The largest absolute Gasteiger partial charge is 0.326 e. The third-order valence-electron chi connectivity index (χ3n) is 4.81. The Kier molecular flexibility index (Phi) is 8.33. The molecule has 10 heteroatoms. The van der Waals surface area contributed by atoms with E-state index in [0.29, 0.717) is 27.0 Å². The van der Waals surface area contributed by atoms with Crippen LogP contribution in [0.5, 0.6) is 0 Å². The number of rotatable bonds is 8. The Morgan fingerprint density at radius 3 is 2.18 bits per heavy atom. The van der Waals surface area contributed by atoms with E-state index < -0.39 is 22.5 Å².